The molecule has 0 N–H and O–H groups in total. The number of carbonyl (C=O) groups excluding carboxylic acids is 2. The van der Waals surface area contributed by atoms with Crippen LogP contribution in [0, 0.1) is 5.41 Å². The molecule has 0 fully saturated rings. The molecule has 8 nitrogen and oxygen atoms in total. The number of esters is 2. The second kappa shape index (κ2) is 14.9. The summed E-state index contributed by atoms with van der Waals surface area (Å²) < 4.78 is 24.5. The number of fused-ring (bicyclic) bond motifs is 3. The van der Waals surface area contributed by atoms with Crippen LogP contribution in [0.3, 0.4) is 0 Å². The van der Waals surface area contributed by atoms with Gasteiger partial charge in [-0.1, -0.05) is 52.9 Å². The number of hydrogen-bond donors (Lipinski definition) is 0. The lowest BCUT2D eigenvalue weighted by Crippen LogP contribution is -2.33. The molecule has 1 aromatic heterocycles. The second-order valence-corrected chi connectivity index (χ2v) is 13.5. The predicted octanol–water partition coefficient (Wildman–Crippen LogP) is 7.69. The maximum absolute atomic E-state index is 13.0. The van der Waals surface area contributed by atoms with Crippen molar-refractivity contribution in [1.29, 1.82) is 0 Å². The molecule has 3 rings (SSSR count). The van der Waals surface area contributed by atoms with Crippen molar-refractivity contribution in [2.75, 3.05) is 20.3 Å². The summed E-state index contributed by atoms with van der Waals surface area (Å²) in [5.41, 5.74) is 1.90. The fraction of sp³-hybridized carbons (Fsp3) is 0.629. The first-order valence-electron chi connectivity index (χ1n) is 15.7. The highest BCUT2D eigenvalue weighted by Crippen LogP contribution is 2.45. The first-order valence-corrected chi connectivity index (χ1v) is 15.7. The molecule has 43 heavy (non-hydrogen) atoms. The van der Waals surface area contributed by atoms with Gasteiger partial charge in [-0.25, -0.2) is 4.79 Å². The largest absolute Gasteiger partial charge is 0.493 e. The first-order chi connectivity index (χ1) is 20.2. The summed E-state index contributed by atoms with van der Waals surface area (Å²) in [6.45, 7) is 14.7. The van der Waals surface area contributed by atoms with Gasteiger partial charge in [0.2, 0.25) is 0 Å². The van der Waals surface area contributed by atoms with Crippen LogP contribution in [0.25, 0.3) is 11.3 Å². The lowest BCUT2D eigenvalue weighted by molar-refractivity contribution is -0.154. The summed E-state index contributed by atoms with van der Waals surface area (Å²) in [6.07, 6.45) is 10.2. The highest BCUT2D eigenvalue weighted by molar-refractivity contribution is 5.89. The van der Waals surface area contributed by atoms with Crippen LogP contribution in [0.2, 0.25) is 0 Å². The quantitative estimate of drug-likeness (QED) is 0.163. The van der Waals surface area contributed by atoms with Gasteiger partial charge in [0.05, 0.1) is 26.0 Å². The molecule has 8 heteroatoms. The van der Waals surface area contributed by atoms with Gasteiger partial charge in [0.25, 0.3) is 0 Å². The Bertz CT molecular complexity index is 1310. The van der Waals surface area contributed by atoms with Gasteiger partial charge in [0, 0.05) is 30.3 Å². The molecule has 0 aliphatic carbocycles. The minimum atomic E-state index is -0.596. The Labute approximate surface area is 257 Å². The average Bonchev–Trinajstić information content (AvgIpc) is 2.91. The number of hydrogen-bond acceptors (Lipinski definition) is 7. The van der Waals surface area contributed by atoms with E-state index in [0.717, 1.165) is 68.2 Å². The highest BCUT2D eigenvalue weighted by atomic mass is 16.6. The second-order valence-electron chi connectivity index (χ2n) is 13.5. The molecule has 1 atom stereocenters. The molecule has 0 spiro atoms. The minimum Gasteiger partial charge on any atom is -0.493 e. The molecule has 0 radical (unpaired) electrons. The minimum absolute atomic E-state index is 0.0224. The van der Waals surface area contributed by atoms with Crippen molar-refractivity contribution in [3.63, 3.8) is 0 Å². The molecular weight excluding hydrogens is 546 g/mol. The van der Waals surface area contributed by atoms with Crippen molar-refractivity contribution in [3.05, 3.63) is 45.7 Å². The molecule has 1 aliphatic rings. The number of pyridine rings is 1. The first kappa shape index (κ1) is 34.2. The molecule has 2 aromatic rings. The third kappa shape index (κ3) is 9.60. The monoisotopic (exact) mass is 597 g/mol. The summed E-state index contributed by atoms with van der Waals surface area (Å²) in [5.74, 6) is 0.611. The van der Waals surface area contributed by atoms with E-state index < -0.39 is 11.6 Å². The number of rotatable bonds is 14. The molecule has 1 unspecified atom stereocenters. The Morgan fingerprint density at radius 3 is 2.16 bits per heavy atom. The maximum Gasteiger partial charge on any atom is 0.343 e. The van der Waals surface area contributed by atoms with Crippen molar-refractivity contribution in [2.24, 2.45) is 5.41 Å². The van der Waals surface area contributed by atoms with Gasteiger partial charge >= 0.3 is 11.9 Å². The number of aromatic nitrogens is 1. The van der Waals surface area contributed by atoms with Crippen LogP contribution < -0.4 is 14.9 Å². The van der Waals surface area contributed by atoms with Gasteiger partial charge in [0.15, 0.2) is 16.9 Å². The molecule has 0 saturated carbocycles. The number of unbranched alkanes of at least 4 members (excludes halogenated alkanes) is 6. The van der Waals surface area contributed by atoms with E-state index in [2.05, 4.69) is 20.8 Å². The molecule has 0 saturated heterocycles. The molecule has 2 heterocycles. The van der Waals surface area contributed by atoms with Crippen LogP contribution in [0.1, 0.15) is 122 Å². The third-order valence-electron chi connectivity index (χ3n) is 7.69. The molecule has 1 aromatic carbocycles. The van der Waals surface area contributed by atoms with Gasteiger partial charge in [-0.2, -0.15) is 0 Å². The lowest BCUT2D eigenvalue weighted by Gasteiger charge is -2.39. The van der Waals surface area contributed by atoms with E-state index in [9.17, 15) is 14.4 Å². The summed E-state index contributed by atoms with van der Waals surface area (Å²) in [6, 6.07) is 5.55. The smallest absolute Gasteiger partial charge is 0.343 e. The van der Waals surface area contributed by atoms with Crippen LogP contribution >= 0.6 is 0 Å². The van der Waals surface area contributed by atoms with E-state index >= 15 is 0 Å². The number of nitrogens with zero attached hydrogens (tertiary/aromatic N) is 1. The lowest BCUT2D eigenvalue weighted by atomic mass is 9.78. The Kier molecular flexibility index (Phi) is 11.9. The fourth-order valence-corrected chi connectivity index (χ4v) is 5.53. The van der Waals surface area contributed by atoms with Crippen molar-refractivity contribution in [2.45, 2.75) is 118 Å². The van der Waals surface area contributed by atoms with Gasteiger partial charge in [-0.15, -0.1) is 0 Å². The normalized spacial score (nSPS) is 14.5. The fourth-order valence-electron chi connectivity index (χ4n) is 5.53. The third-order valence-corrected chi connectivity index (χ3v) is 7.69. The predicted molar refractivity (Wildman–Crippen MR) is 169 cm³/mol. The number of carbonyl (C=O) groups is 2. The summed E-state index contributed by atoms with van der Waals surface area (Å²) in [4.78, 5) is 37.3. The highest BCUT2D eigenvalue weighted by Gasteiger charge is 2.34. The maximum atomic E-state index is 13.0. The van der Waals surface area contributed by atoms with E-state index in [1.807, 2.05) is 37.5 Å². The van der Waals surface area contributed by atoms with E-state index in [0.29, 0.717) is 24.5 Å². The van der Waals surface area contributed by atoms with Crippen molar-refractivity contribution < 1.29 is 28.5 Å². The van der Waals surface area contributed by atoms with Crippen LogP contribution in [0.4, 0.5) is 0 Å². The Morgan fingerprint density at radius 1 is 0.907 bits per heavy atom. The zero-order valence-corrected chi connectivity index (χ0v) is 27.5. The van der Waals surface area contributed by atoms with E-state index in [1.54, 1.807) is 26.3 Å². The van der Waals surface area contributed by atoms with E-state index in [-0.39, 0.29) is 35.0 Å². The molecule has 238 valence electrons. The number of methoxy groups -OCH3 is 1. The summed E-state index contributed by atoms with van der Waals surface area (Å²) >= 11 is 0. The van der Waals surface area contributed by atoms with Crippen molar-refractivity contribution in [1.82, 2.24) is 4.57 Å². The zero-order valence-electron chi connectivity index (χ0n) is 27.5. The summed E-state index contributed by atoms with van der Waals surface area (Å²) in [5, 5.41) is 0. The molecular formula is C35H51NO7. The van der Waals surface area contributed by atoms with Gasteiger partial charge < -0.3 is 23.5 Å². The Balaban J connectivity index is 1.60. The van der Waals surface area contributed by atoms with Crippen molar-refractivity contribution in [3.8, 4) is 22.8 Å². The molecule has 0 bridgehead atoms. The molecule has 1 aliphatic heterocycles. The van der Waals surface area contributed by atoms with Gasteiger partial charge in [-0.3, -0.25) is 9.59 Å². The zero-order chi connectivity index (χ0) is 31.8. The van der Waals surface area contributed by atoms with Crippen LogP contribution in [0.15, 0.2) is 29.2 Å². The standard InChI is InChI=1S/C35H51NO7/c1-9-41-33(39)26-23-36-27(22-28(26)37)25-21-29(40-8)30(19-24(25)20-31(36)34(2,3)4)42-18-16-14-12-10-11-13-15-17-32(38)43-35(5,6)7/h19,21-23,31H,9-18,20H2,1-8H3. The van der Waals surface area contributed by atoms with Gasteiger partial charge in [0.1, 0.15) is 11.2 Å². The Morgan fingerprint density at radius 2 is 1.56 bits per heavy atom. The number of benzene rings is 1. The topological polar surface area (TPSA) is 93.1 Å². The van der Waals surface area contributed by atoms with E-state index in [1.165, 1.54) is 0 Å². The molecule has 0 amide bonds. The van der Waals surface area contributed by atoms with E-state index in [4.69, 9.17) is 18.9 Å². The van der Waals surface area contributed by atoms with Crippen LogP contribution in [0.5, 0.6) is 11.5 Å². The van der Waals surface area contributed by atoms with Gasteiger partial charge in [-0.05, 0) is 70.1 Å². The Hall–Kier alpha value is -3.29. The SMILES string of the molecule is CCOC(=O)c1cn2c(cc1=O)-c1cc(OC)c(OCCCCCCCCCC(=O)OC(C)(C)C)cc1CC2C(C)(C)C. The average molecular weight is 598 g/mol. The summed E-state index contributed by atoms with van der Waals surface area (Å²) in [7, 11) is 1.62. The van der Waals surface area contributed by atoms with Crippen LogP contribution in [-0.4, -0.2) is 42.4 Å². The number of ether oxygens (including phenoxy) is 4. The van der Waals surface area contributed by atoms with Crippen molar-refractivity contribution >= 4 is 11.9 Å². The van der Waals surface area contributed by atoms with Crippen LogP contribution in [-0.2, 0) is 20.7 Å².